The zero-order chi connectivity index (χ0) is 25.2. The Morgan fingerprint density at radius 1 is 1.03 bits per heavy atom. The molecule has 0 spiro atoms. The third-order valence-corrected chi connectivity index (χ3v) is 6.13. The van der Waals surface area contributed by atoms with Crippen molar-refractivity contribution in [1.82, 2.24) is 10.6 Å². The van der Waals surface area contributed by atoms with E-state index in [1.807, 2.05) is 26.8 Å². The SMILES string of the molecule is Cc1oc2c(C)c3oc(=O)c(CCC(=O)N[C@@H](CCCNC(N)=O)C(=O)[O-])c(C)c3cc2c1C. The smallest absolute Gasteiger partial charge is 0.339 e. The Balaban J connectivity index is 1.77. The summed E-state index contributed by atoms with van der Waals surface area (Å²) >= 11 is 0. The molecule has 0 aliphatic heterocycles. The Morgan fingerprint density at radius 3 is 2.32 bits per heavy atom. The summed E-state index contributed by atoms with van der Waals surface area (Å²) < 4.78 is 11.4. The van der Waals surface area contributed by atoms with Gasteiger partial charge in [-0.3, -0.25) is 4.79 Å². The zero-order valence-electron chi connectivity index (χ0n) is 19.6. The molecule has 3 aromatic rings. The molecule has 182 valence electrons. The van der Waals surface area contributed by atoms with Gasteiger partial charge in [-0.2, -0.15) is 0 Å². The number of furan rings is 1. The lowest BCUT2D eigenvalue weighted by atomic mass is 9.98. The van der Waals surface area contributed by atoms with E-state index in [0.29, 0.717) is 22.3 Å². The van der Waals surface area contributed by atoms with E-state index in [4.69, 9.17) is 14.6 Å². The van der Waals surface area contributed by atoms with Crippen LogP contribution < -0.4 is 27.1 Å². The number of carboxylic acid groups (broad SMARTS) is 1. The van der Waals surface area contributed by atoms with Crippen LogP contribution in [0.3, 0.4) is 0 Å². The second-order valence-corrected chi connectivity index (χ2v) is 8.40. The van der Waals surface area contributed by atoms with Crippen LogP contribution in [-0.4, -0.2) is 30.5 Å². The Kier molecular flexibility index (Phi) is 7.29. The van der Waals surface area contributed by atoms with Crippen LogP contribution in [-0.2, 0) is 16.0 Å². The van der Waals surface area contributed by atoms with Gasteiger partial charge in [-0.15, -0.1) is 0 Å². The summed E-state index contributed by atoms with van der Waals surface area (Å²) in [6, 6.07) is -0.00967. The van der Waals surface area contributed by atoms with E-state index < -0.39 is 29.6 Å². The number of fused-ring (bicyclic) bond motifs is 2. The third-order valence-electron chi connectivity index (χ3n) is 6.13. The molecule has 0 saturated heterocycles. The summed E-state index contributed by atoms with van der Waals surface area (Å²) in [5, 5.41) is 17.8. The van der Waals surface area contributed by atoms with Gasteiger partial charge in [0.05, 0.1) is 12.0 Å². The first-order chi connectivity index (χ1) is 16.0. The highest BCUT2D eigenvalue weighted by Crippen LogP contribution is 2.34. The maximum absolute atomic E-state index is 12.7. The molecule has 3 rings (SSSR count). The van der Waals surface area contributed by atoms with Crippen LogP contribution in [0.4, 0.5) is 4.79 Å². The number of aliphatic carboxylic acids is 1. The third kappa shape index (κ3) is 5.05. The van der Waals surface area contributed by atoms with Crippen molar-refractivity contribution >= 4 is 39.8 Å². The van der Waals surface area contributed by atoms with E-state index in [1.165, 1.54) is 0 Å². The lowest BCUT2D eigenvalue weighted by Gasteiger charge is -2.19. The molecule has 0 aliphatic carbocycles. The largest absolute Gasteiger partial charge is 0.548 e. The van der Waals surface area contributed by atoms with Crippen molar-refractivity contribution in [2.45, 2.75) is 59.4 Å². The van der Waals surface area contributed by atoms with Crippen LogP contribution in [0.15, 0.2) is 19.7 Å². The van der Waals surface area contributed by atoms with E-state index in [1.54, 1.807) is 6.92 Å². The summed E-state index contributed by atoms with van der Waals surface area (Å²) in [6.07, 6.45) is 0.325. The van der Waals surface area contributed by atoms with Gasteiger partial charge in [0, 0.05) is 34.9 Å². The number of hydrogen-bond donors (Lipinski definition) is 3. The second-order valence-electron chi connectivity index (χ2n) is 8.40. The van der Waals surface area contributed by atoms with E-state index in [9.17, 15) is 24.3 Å². The number of carboxylic acids is 1. The molecule has 0 radical (unpaired) electrons. The molecule has 34 heavy (non-hydrogen) atoms. The Labute approximate surface area is 195 Å². The number of benzene rings is 1. The number of primary amides is 1. The van der Waals surface area contributed by atoms with Crippen LogP contribution in [0, 0.1) is 27.7 Å². The predicted molar refractivity (Wildman–Crippen MR) is 123 cm³/mol. The number of urea groups is 1. The predicted octanol–water partition coefficient (Wildman–Crippen LogP) is 1.39. The highest BCUT2D eigenvalue weighted by molar-refractivity contribution is 6.00. The fraction of sp³-hybridized carbons (Fsp3) is 0.417. The summed E-state index contributed by atoms with van der Waals surface area (Å²) in [4.78, 5) is 47.1. The normalized spacial score (nSPS) is 12.1. The zero-order valence-corrected chi connectivity index (χ0v) is 19.6. The molecule has 1 aromatic carbocycles. The van der Waals surface area contributed by atoms with Crippen LogP contribution in [0.25, 0.3) is 21.9 Å². The Bertz CT molecular complexity index is 1340. The molecule has 4 N–H and O–H groups in total. The molecule has 1 atom stereocenters. The van der Waals surface area contributed by atoms with Crippen molar-refractivity contribution in [3.05, 3.63) is 44.5 Å². The molecular weight excluding hydrogens is 442 g/mol. The molecular formula is C24H28N3O7-. The molecule has 2 heterocycles. The standard InChI is InChI=1S/C24H29N3O7/c1-11-14(4)33-20-13(3)21-17(10-16(11)20)12(2)15(23(31)34-21)7-8-19(28)27-18(22(29)30)6-5-9-26-24(25)32/h10,18H,5-9H2,1-4H3,(H,27,28)(H,29,30)(H3,25,26,32)/p-1/t18-/m0/s1. The second kappa shape index (κ2) is 9.98. The number of nitrogens with one attached hydrogen (secondary N) is 2. The highest BCUT2D eigenvalue weighted by atomic mass is 16.4. The van der Waals surface area contributed by atoms with Crippen LogP contribution in [0.1, 0.15) is 47.3 Å². The molecule has 0 aliphatic rings. The van der Waals surface area contributed by atoms with Crippen molar-refractivity contribution < 1.29 is 28.3 Å². The molecule has 2 aromatic heterocycles. The van der Waals surface area contributed by atoms with Crippen molar-refractivity contribution in [2.24, 2.45) is 5.73 Å². The number of aryl methyl sites for hydroxylation is 4. The number of carbonyl (C=O) groups excluding carboxylic acids is 3. The summed E-state index contributed by atoms with van der Waals surface area (Å²) in [5.41, 5.74) is 8.33. The van der Waals surface area contributed by atoms with Gasteiger partial charge in [0.1, 0.15) is 16.9 Å². The van der Waals surface area contributed by atoms with E-state index >= 15 is 0 Å². The first-order valence-electron chi connectivity index (χ1n) is 11.0. The molecule has 3 amide bonds. The monoisotopic (exact) mass is 470 g/mol. The average Bonchev–Trinajstić information content (AvgIpc) is 3.05. The average molecular weight is 471 g/mol. The summed E-state index contributed by atoms with van der Waals surface area (Å²) in [7, 11) is 0. The van der Waals surface area contributed by atoms with Gasteiger partial charge in [0.2, 0.25) is 5.91 Å². The quantitative estimate of drug-likeness (QED) is 0.314. The first-order valence-corrected chi connectivity index (χ1v) is 11.0. The number of amides is 3. The van der Waals surface area contributed by atoms with Crippen LogP contribution in [0.5, 0.6) is 0 Å². The molecule has 0 fully saturated rings. The minimum absolute atomic E-state index is 0.0598. The summed E-state index contributed by atoms with van der Waals surface area (Å²) in [5.74, 6) is -1.18. The Hall–Kier alpha value is -3.82. The fourth-order valence-corrected chi connectivity index (χ4v) is 4.05. The first kappa shape index (κ1) is 24.8. The topological polar surface area (TPSA) is 168 Å². The van der Waals surface area contributed by atoms with Crippen LogP contribution >= 0.6 is 0 Å². The lowest BCUT2D eigenvalue weighted by molar-refractivity contribution is -0.308. The van der Waals surface area contributed by atoms with Gasteiger partial charge in [0.15, 0.2) is 0 Å². The van der Waals surface area contributed by atoms with Crippen molar-refractivity contribution in [1.29, 1.82) is 0 Å². The lowest BCUT2D eigenvalue weighted by Crippen LogP contribution is -2.48. The number of carbonyl (C=O) groups is 3. The van der Waals surface area contributed by atoms with E-state index in [0.717, 1.165) is 27.7 Å². The van der Waals surface area contributed by atoms with Crippen molar-refractivity contribution in [2.75, 3.05) is 6.54 Å². The minimum Gasteiger partial charge on any atom is -0.548 e. The van der Waals surface area contributed by atoms with Gasteiger partial charge in [-0.25, -0.2) is 9.59 Å². The molecule has 0 unspecified atom stereocenters. The van der Waals surface area contributed by atoms with Gasteiger partial charge >= 0.3 is 11.7 Å². The van der Waals surface area contributed by atoms with Gasteiger partial charge in [-0.1, -0.05) is 0 Å². The Morgan fingerprint density at radius 2 is 1.68 bits per heavy atom. The number of rotatable bonds is 9. The van der Waals surface area contributed by atoms with Crippen molar-refractivity contribution in [3.8, 4) is 0 Å². The number of nitrogens with two attached hydrogens (primary N) is 1. The fourth-order valence-electron chi connectivity index (χ4n) is 4.05. The molecule has 0 saturated carbocycles. The minimum atomic E-state index is -1.43. The summed E-state index contributed by atoms with van der Waals surface area (Å²) in [6.45, 7) is 7.65. The van der Waals surface area contributed by atoms with E-state index in [-0.39, 0.29) is 32.2 Å². The highest BCUT2D eigenvalue weighted by Gasteiger charge is 2.20. The maximum Gasteiger partial charge on any atom is 0.339 e. The number of hydrogen-bond acceptors (Lipinski definition) is 7. The van der Waals surface area contributed by atoms with Gasteiger partial charge in [-0.05, 0) is 64.2 Å². The molecule has 10 nitrogen and oxygen atoms in total. The van der Waals surface area contributed by atoms with Crippen LogP contribution in [0.2, 0.25) is 0 Å². The molecule has 0 bridgehead atoms. The van der Waals surface area contributed by atoms with E-state index in [2.05, 4.69) is 10.6 Å². The maximum atomic E-state index is 12.7. The van der Waals surface area contributed by atoms with Gasteiger partial charge < -0.3 is 35.1 Å². The van der Waals surface area contributed by atoms with Crippen molar-refractivity contribution in [3.63, 3.8) is 0 Å². The van der Waals surface area contributed by atoms with Gasteiger partial charge in [0.25, 0.3) is 0 Å². The molecule has 10 heteroatoms.